The summed E-state index contributed by atoms with van der Waals surface area (Å²) in [5.74, 6) is 0.610. The molecule has 0 spiro atoms. The van der Waals surface area contributed by atoms with Crippen molar-refractivity contribution in [3.05, 3.63) is 53.6 Å². The maximum Gasteiger partial charge on any atom is 0.0209 e. The van der Waals surface area contributed by atoms with Gasteiger partial charge < -0.3 is 0 Å². The molecular weight excluding hydrogens is 260 g/mol. The first-order chi connectivity index (χ1) is 9.31. The van der Waals surface area contributed by atoms with E-state index in [1.165, 1.54) is 6.42 Å². The third-order valence-electron chi connectivity index (χ3n) is 4.54. The molecule has 3 rings (SSSR count). The van der Waals surface area contributed by atoms with Crippen LogP contribution in [0.4, 0.5) is 0 Å². The zero-order chi connectivity index (χ0) is 14.5. The molecule has 1 heterocycles. The lowest BCUT2D eigenvalue weighted by Crippen LogP contribution is -2.16. The van der Waals surface area contributed by atoms with Crippen LogP contribution in [-0.4, -0.2) is 17.8 Å². The van der Waals surface area contributed by atoms with E-state index in [0.717, 1.165) is 0 Å². The second-order valence-electron chi connectivity index (χ2n) is 7.73. The fraction of sp³-hybridized carbons (Fsp3) is 0.474. The van der Waals surface area contributed by atoms with Gasteiger partial charge in [0.1, 0.15) is 0 Å². The summed E-state index contributed by atoms with van der Waals surface area (Å²) in [6.45, 7) is 7.02. The number of fused-ring (bicyclic) bond motifs is 3. The quantitative estimate of drug-likeness (QED) is 0.658. The lowest BCUT2D eigenvalue weighted by atomic mass is 9.82. The van der Waals surface area contributed by atoms with Crippen LogP contribution in [0, 0.1) is 5.41 Å². The fourth-order valence-electron chi connectivity index (χ4n) is 3.71. The Hall–Kier alpha value is -0.950. The molecule has 2 unspecified atom stereocenters. The predicted molar refractivity (Wildman–Crippen MR) is 92.1 cm³/mol. The highest BCUT2D eigenvalue weighted by molar-refractivity contribution is 8.33. The minimum atomic E-state index is -0.723. The Balaban J connectivity index is 2.15. The fourth-order valence-corrected chi connectivity index (χ4v) is 6.71. The number of rotatable bonds is 1. The molecule has 0 radical (unpaired) electrons. The molecule has 108 valence electrons. The molecule has 2 aliphatic rings. The van der Waals surface area contributed by atoms with Gasteiger partial charge in [0.2, 0.25) is 0 Å². The van der Waals surface area contributed by atoms with Crippen molar-refractivity contribution in [2.45, 2.75) is 43.3 Å². The molecule has 0 N–H and O–H groups in total. The predicted octanol–water partition coefficient (Wildman–Crippen LogP) is 5.29. The van der Waals surface area contributed by atoms with Crippen molar-refractivity contribution in [2.75, 3.05) is 12.5 Å². The molecule has 20 heavy (non-hydrogen) atoms. The monoisotopic (exact) mass is 286 g/mol. The molecule has 1 heteroatoms. The Morgan fingerprint density at radius 3 is 2.45 bits per heavy atom. The first-order valence-electron chi connectivity index (χ1n) is 7.50. The highest BCUT2D eigenvalue weighted by Crippen LogP contribution is 2.67. The standard InChI is InChI=1S/C19H26S/c1-19(2,3)13-14-9-8-12-17-18(14)15-10-6-7-11-16(15)20(17,4)5/h6-12,15-16H,13H2,1-5H3. The maximum atomic E-state index is 2.49. The van der Waals surface area contributed by atoms with Crippen LogP contribution in [0.5, 0.6) is 0 Å². The van der Waals surface area contributed by atoms with E-state index in [1.54, 1.807) is 16.0 Å². The van der Waals surface area contributed by atoms with Crippen molar-refractivity contribution in [1.82, 2.24) is 0 Å². The summed E-state index contributed by atoms with van der Waals surface area (Å²) >= 11 is 0. The van der Waals surface area contributed by atoms with Gasteiger partial charge in [0.25, 0.3) is 0 Å². The minimum Gasteiger partial charge on any atom is -0.213 e. The van der Waals surface area contributed by atoms with Crippen molar-refractivity contribution in [3.8, 4) is 0 Å². The summed E-state index contributed by atoms with van der Waals surface area (Å²) in [6, 6.07) is 7.02. The first-order valence-corrected chi connectivity index (χ1v) is 10.0. The molecule has 0 bridgehead atoms. The lowest BCUT2D eigenvalue weighted by Gasteiger charge is -2.35. The smallest absolute Gasteiger partial charge is 0.0209 e. The summed E-state index contributed by atoms with van der Waals surface area (Å²) in [5, 5.41) is 0.698. The van der Waals surface area contributed by atoms with Gasteiger partial charge in [-0.3, -0.25) is 0 Å². The average Bonchev–Trinajstić information content (AvgIpc) is 2.59. The van der Waals surface area contributed by atoms with Crippen molar-refractivity contribution < 1.29 is 0 Å². The molecule has 1 aromatic carbocycles. The van der Waals surface area contributed by atoms with Gasteiger partial charge in [-0.2, -0.15) is 0 Å². The summed E-state index contributed by atoms with van der Waals surface area (Å²) in [7, 11) is -0.723. The summed E-state index contributed by atoms with van der Waals surface area (Å²) < 4.78 is 0. The van der Waals surface area contributed by atoms with Crippen molar-refractivity contribution >= 4 is 10.0 Å². The van der Waals surface area contributed by atoms with Gasteiger partial charge in [0.15, 0.2) is 0 Å². The van der Waals surface area contributed by atoms with Crippen LogP contribution in [-0.2, 0) is 6.42 Å². The Morgan fingerprint density at radius 1 is 1.05 bits per heavy atom. The molecule has 0 fully saturated rings. The van der Waals surface area contributed by atoms with Crippen LogP contribution >= 0.6 is 10.0 Å². The van der Waals surface area contributed by atoms with Crippen LogP contribution in [0.1, 0.15) is 37.8 Å². The van der Waals surface area contributed by atoms with E-state index in [9.17, 15) is 0 Å². The van der Waals surface area contributed by atoms with E-state index in [-0.39, 0.29) is 0 Å². The Bertz CT molecular complexity index is 584. The van der Waals surface area contributed by atoms with E-state index < -0.39 is 10.0 Å². The van der Waals surface area contributed by atoms with Gasteiger partial charge in [-0.1, -0.05) is 57.2 Å². The van der Waals surface area contributed by atoms with E-state index in [0.29, 0.717) is 16.6 Å². The first kappa shape index (κ1) is 14.0. The van der Waals surface area contributed by atoms with Gasteiger partial charge in [0, 0.05) is 11.2 Å². The van der Waals surface area contributed by atoms with Crippen LogP contribution in [0.2, 0.25) is 0 Å². The van der Waals surface area contributed by atoms with Crippen LogP contribution in [0.25, 0.3) is 0 Å². The second-order valence-corrected chi connectivity index (χ2v) is 11.5. The summed E-state index contributed by atoms with van der Waals surface area (Å²) in [4.78, 5) is 1.64. The number of allylic oxidation sites excluding steroid dienone is 3. The molecule has 0 saturated carbocycles. The molecular formula is C19H26S. The Labute approximate surface area is 125 Å². The van der Waals surface area contributed by atoms with Crippen LogP contribution in [0.15, 0.2) is 47.4 Å². The van der Waals surface area contributed by atoms with Crippen molar-refractivity contribution in [1.29, 1.82) is 0 Å². The number of benzene rings is 1. The largest absolute Gasteiger partial charge is 0.213 e. The molecule has 0 nitrogen and oxygen atoms in total. The topological polar surface area (TPSA) is 0 Å². The SMILES string of the molecule is CC(C)(C)Cc1cccc2c1C1C=CC=CC1S2(C)C. The molecule has 1 aliphatic heterocycles. The molecule has 0 saturated heterocycles. The molecule has 1 aliphatic carbocycles. The van der Waals surface area contributed by atoms with E-state index in [4.69, 9.17) is 0 Å². The van der Waals surface area contributed by atoms with Gasteiger partial charge in [-0.15, -0.1) is 0 Å². The number of hydrogen-bond acceptors (Lipinski definition) is 0. The highest BCUT2D eigenvalue weighted by Gasteiger charge is 2.42. The molecule has 0 aromatic heterocycles. The summed E-state index contributed by atoms with van der Waals surface area (Å²) in [6.07, 6.45) is 15.5. The van der Waals surface area contributed by atoms with E-state index in [1.807, 2.05) is 0 Å². The lowest BCUT2D eigenvalue weighted by molar-refractivity contribution is 0.409. The number of hydrogen-bond donors (Lipinski definition) is 0. The van der Waals surface area contributed by atoms with Gasteiger partial charge >= 0.3 is 0 Å². The molecule has 1 aromatic rings. The van der Waals surface area contributed by atoms with E-state index >= 15 is 0 Å². The second kappa shape index (κ2) is 4.53. The average molecular weight is 286 g/mol. The zero-order valence-electron chi connectivity index (χ0n) is 13.3. The Morgan fingerprint density at radius 2 is 1.75 bits per heavy atom. The van der Waals surface area contributed by atoms with Gasteiger partial charge in [-0.05, 0) is 46.4 Å². The van der Waals surface area contributed by atoms with Crippen molar-refractivity contribution in [2.24, 2.45) is 5.41 Å². The Kier molecular flexibility index (Phi) is 3.17. The van der Waals surface area contributed by atoms with E-state index in [2.05, 4.69) is 75.8 Å². The molecule has 2 atom stereocenters. The van der Waals surface area contributed by atoms with Gasteiger partial charge in [0.05, 0.1) is 0 Å². The minimum absolute atomic E-state index is 0.348. The van der Waals surface area contributed by atoms with Gasteiger partial charge in [-0.25, -0.2) is 10.0 Å². The third kappa shape index (κ3) is 2.16. The molecule has 0 amide bonds. The van der Waals surface area contributed by atoms with Crippen LogP contribution in [0.3, 0.4) is 0 Å². The van der Waals surface area contributed by atoms with Crippen molar-refractivity contribution in [3.63, 3.8) is 0 Å². The highest BCUT2D eigenvalue weighted by atomic mass is 32.3. The summed E-state index contributed by atoms with van der Waals surface area (Å²) in [5.41, 5.74) is 3.57. The zero-order valence-corrected chi connectivity index (χ0v) is 14.1. The third-order valence-corrected chi connectivity index (χ3v) is 7.84. The van der Waals surface area contributed by atoms with Crippen LogP contribution < -0.4 is 0 Å². The normalized spacial score (nSPS) is 28.1. The maximum absolute atomic E-state index is 2.49.